The molecular formula is C31H32N4O4. The monoisotopic (exact) mass is 524 g/mol. The molecule has 200 valence electrons. The van der Waals surface area contributed by atoms with Gasteiger partial charge in [-0.2, -0.15) is 0 Å². The number of methoxy groups -OCH3 is 2. The van der Waals surface area contributed by atoms with Crippen LogP contribution in [0.25, 0.3) is 5.69 Å². The maximum atomic E-state index is 14.2. The lowest BCUT2D eigenvalue weighted by atomic mass is 9.97. The van der Waals surface area contributed by atoms with Gasteiger partial charge in [0.25, 0.3) is 0 Å². The Bertz CT molecular complexity index is 1480. The molecule has 8 nitrogen and oxygen atoms in total. The van der Waals surface area contributed by atoms with Gasteiger partial charge in [-0.25, -0.2) is 4.79 Å². The molecule has 0 aliphatic carbocycles. The van der Waals surface area contributed by atoms with Crippen LogP contribution in [0.2, 0.25) is 0 Å². The molecule has 0 fully saturated rings. The minimum atomic E-state index is -0.397. The van der Waals surface area contributed by atoms with Crippen molar-refractivity contribution in [3.8, 4) is 17.2 Å². The highest BCUT2D eigenvalue weighted by Gasteiger charge is 2.37. The molecule has 0 saturated carbocycles. The fourth-order valence-corrected chi connectivity index (χ4v) is 5.01. The summed E-state index contributed by atoms with van der Waals surface area (Å²) in [5.74, 6) is 0.892. The third-order valence-corrected chi connectivity index (χ3v) is 6.94. The Balaban J connectivity index is 1.48. The molecule has 0 saturated heterocycles. The van der Waals surface area contributed by atoms with Crippen molar-refractivity contribution in [2.75, 3.05) is 31.0 Å². The van der Waals surface area contributed by atoms with Crippen molar-refractivity contribution >= 4 is 23.3 Å². The molecule has 8 heteroatoms. The summed E-state index contributed by atoms with van der Waals surface area (Å²) >= 11 is 0. The average molecular weight is 525 g/mol. The van der Waals surface area contributed by atoms with Crippen LogP contribution in [0.4, 0.5) is 16.2 Å². The number of carbonyl (C=O) groups excluding carboxylic acids is 2. The fraction of sp³-hybridized carbons (Fsp3) is 0.226. The first kappa shape index (κ1) is 25.9. The molecule has 39 heavy (non-hydrogen) atoms. The molecule has 0 radical (unpaired) electrons. The van der Waals surface area contributed by atoms with E-state index in [4.69, 9.17) is 9.47 Å². The summed E-state index contributed by atoms with van der Waals surface area (Å²) in [4.78, 5) is 31.1. The molecular weight excluding hydrogens is 492 g/mol. The predicted molar refractivity (Wildman–Crippen MR) is 152 cm³/mol. The van der Waals surface area contributed by atoms with Gasteiger partial charge in [-0.1, -0.05) is 42.5 Å². The molecule has 3 amide bonds. The van der Waals surface area contributed by atoms with E-state index in [0.29, 0.717) is 17.2 Å². The van der Waals surface area contributed by atoms with Gasteiger partial charge in [-0.15, -0.1) is 0 Å². The Morgan fingerprint density at radius 3 is 2.31 bits per heavy atom. The van der Waals surface area contributed by atoms with Gasteiger partial charge < -0.3 is 24.3 Å². The van der Waals surface area contributed by atoms with Crippen molar-refractivity contribution < 1.29 is 19.1 Å². The molecule has 1 atom stereocenters. The lowest BCUT2D eigenvalue weighted by Crippen LogP contribution is -2.49. The molecule has 1 unspecified atom stereocenters. The summed E-state index contributed by atoms with van der Waals surface area (Å²) in [6.45, 7) is 3.67. The van der Waals surface area contributed by atoms with Crippen LogP contribution in [-0.4, -0.2) is 48.2 Å². The number of aromatic nitrogens is 1. The molecule has 1 aliphatic heterocycles. The van der Waals surface area contributed by atoms with E-state index >= 15 is 0 Å². The Hall–Kier alpha value is -4.72. The number of benzene rings is 3. The SMILES string of the molecule is COc1ccc(NC(=O)N(CC(=O)N2c3ccccc3-n3cccc3C2c2ccccc2)C(C)C)c(OC)c1. The number of hydrogen-bond donors (Lipinski definition) is 1. The Kier molecular flexibility index (Phi) is 7.27. The number of hydrogen-bond acceptors (Lipinski definition) is 4. The summed E-state index contributed by atoms with van der Waals surface area (Å²) < 4.78 is 12.8. The number of anilines is 2. The first-order valence-electron chi connectivity index (χ1n) is 12.9. The smallest absolute Gasteiger partial charge is 0.322 e. The van der Waals surface area contributed by atoms with E-state index in [-0.39, 0.29) is 24.5 Å². The van der Waals surface area contributed by atoms with Crippen LogP contribution in [0.5, 0.6) is 11.5 Å². The van der Waals surface area contributed by atoms with Gasteiger partial charge in [0.2, 0.25) is 5.91 Å². The fourth-order valence-electron chi connectivity index (χ4n) is 5.01. The zero-order valence-electron chi connectivity index (χ0n) is 22.5. The molecule has 2 heterocycles. The molecule has 3 aromatic carbocycles. The van der Waals surface area contributed by atoms with Gasteiger partial charge in [0.1, 0.15) is 24.1 Å². The van der Waals surface area contributed by atoms with Gasteiger partial charge in [0, 0.05) is 18.3 Å². The number of rotatable bonds is 7. The number of fused-ring (bicyclic) bond motifs is 3. The highest BCUT2D eigenvalue weighted by molar-refractivity contribution is 6.01. The minimum absolute atomic E-state index is 0.111. The first-order valence-corrected chi connectivity index (χ1v) is 12.9. The highest BCUT2D eigenvalue weighted by Crippen LogP contribution is 2.42. The number of ether oxygens (including phenoxy) is 2. The van der Waals surface area contributed by atoms with E-state index in [1.165, 1.54) is 12.0 Å². The second-order valence-corrected chi connectivity index (χ2v) is 9.59. The summed E-state index contributed by atoms with van der Waals surface area (Å²) in [6.07, 6.45) is 2.02. The number of amides is 3. The first-order chi connectivity index (χ1) is 18.9. The molecule has 0 spiro atoms. The van der Waals surface area contributed by atoms with E-state index in [1.54, 1.807) is 25.3 Å². The van der Waals surface area contributed by atoms with Gasteiger partial charge in [-0.05, 0) is 55.8 Å². The second kappa shape index (κ2) is 10.9. The number of urea groups is 1. The molecule has 1 aromatic heterocycles. The van der Waals surface area contributed by atoms with E-state index in [1.807, 2.05) is 91.7 Å². The third kappa shape index (κ3) is 4.93. The highest BCUT2D eigenvalue weighted by atomic mass is 16.5. The van der Waals surface area contributed by atoms with Crippen molar-refractivity contribution in [3.05, 3.63) is 102 Å². The van der Waals surface area contributed by atoms with Gasteiger partial charge >= 0.3 is 6.03 Å². The van der Waals surface area contributed by atoms with E-state index < -0.39 is 6.03 Å². The number of nitrogens with zero attached hydrogens (tertiary/aromatic N) is 3. The molecule has 1 N–H and O–H groups in total. The topological polar surface area (TPSA) is 76.0 Å². The van der Waals surface area contributed by atoms with E-state index in [0.717, 1.165) is 22.6 Å². The Morgan fingerprint density at radius 2 is 1.62 bits per heavy atom. The van der Waals surface area contributed by atoms with Crippen molar-refractivity contribution in [3.63, 3.8) is 0 Å². The van der Waals surface area contributed by atoms with Crippen molar-refractivity contribution in [2.45, 2.75) is 25.9 Å². The predicted octanol–water partition coefficient (Wildman–Crippen LogP) is 5.87. The molecule has 5 rings (SSSR count). The van der Waals surface area contributed by atoms with Gasteiger partial charge in [-0.3, -0.25) is 9.69 Å². The summed E-state index contributed by atoms with van der Waals surface area (Å²) in [5.41, 5.74) is 4.17. The van der Waals surface area contributed by atoms with Crippen LogP contribution in [0.1, 0.15) is 31.1 Å². The zero-order valence-corrected chi connectivity index (χ0v) is 22.5. The molecule has 4 aromatic rings. The standard InChI is InChI=1S/C31H32N4O4/c1-21(2)34(31(37)32-24-17-16-23(38-3)19-28(24)39-4)20-29(36)35-26-14-9-8-13-25(26)33-18-10-15-27(33)30(35)22-11-6-5-7-12-22/h5-19,21,30H,20H2,1-4H3,(H,32,37). The maximum absolute atomic E-state index is 14.2. The lowest BCUT2D eigenvalue weighted by molar-refractivity contribution is -0.119. The zero-order chi connectivity index (χ0) is 27.5. The quantitative estimate of drug-likeness (QED) is 0.328. The van der Waals surface area contributed by atoms with Crippen LogP contribution in [-0.2, 0) is 4.79 Å². The number of carbonyl (C=O) groups is 2. The van der Waals surface area contributed by atoms with E-state index in [2.05, 4.69) is 9.88 Å². The largest absolute Gasteiger partial charge is 0.497 e. The van der Waals surface area contributed by atoms with Crippen LogP contribution in [0.3, 0.4) is 0 Å². The minimum Gasteiger partial charge on any atom is -0.497 e. The molecule has 1 aliphatic rings. The summed E-state index contributed by atoms with van der Waals surface area (Å²) in [7, 11) is 3.10. The van der Waals surface area contributed by atoms with Crippen LogP contribution in [0.15, 0.2) is 91.1 Å². The normalized spacial score (nSPS) is 13.9. The maximum Gasteiger partial charge on any atom is 0.322 e. The van der Waals surface area contributed by atoms with Gasteiger partial charge in [0.15, 0.2) is 0 Å². The van der Waals surface area contributed by atoms with Crippen LogP contribution >= 0.6 is 0 Å². The number of nitrogens with one attached hydrogen (secondary N) is 1. The number of para-hydroxylation sites is 2. The lowest BCUT2D eigenvalue weighted by Gasteiger charge is -2.40. The summed E-state index contributed by atoms with van der Waals surface area (Å²) in [6, 6.07) is 26.0. The third-order valence-electron chi connectivity index (χ3n) is 6.94. The van der Waals surface area contributed by atoms with E-state index in [9.17, 15) is 9.59 Å². The Morgan fingerprint density at radius 1 is 0.897 bits per heavy atom. The van der Waals surface area contributed by atoms with Crippen molar-refractivity contribution in [2.24, 2.45) is 0 Å². The Labute approximate surface area is 228 Å². The molecule has 0 bridgehead atoms. The van der Waals surface area contributed by atoms with Crippen molar-refractivity contribution in [1.82, 2.24) is 9.47 Å². The summed E-state index contributed by atoms with van der Waals surface area (Å²) in [5, 5.41) is 2.91. The average Bonchev–Trinajstić information content (AvgIpc) is 3.45. The van der Waals surface area contributed by atoms with Crippen molar-refractivity contribution in [1.29, 1.82) is 0 Å². The van der Waals surface area contributed by atoms with Crippen LogP contribution < -0.4 is 19.7 Å². The van der Waals surface area contributed by atoms with Crippen LogP contribution in [0, 0.1) is 0 Å². The van der Waals surface area contributed by atoms with Gasteiger partial charge in [0.05, 0.1) is 37.0 Å². The second-order valence-electron chi connectivity index (χ2n) is 9.59.